The average molecular weight is 354 g/mol. The topological polar surface area (TPSA) is 105 Å². The van der Waals surface area contributed by atoms with Crippen molar-refractivity contribution in [1.29, 1.82) is 0 Å². The standard InChI is InChI=1S/C18H18N4O4/c23-15-14-9-21(11-18(14,10-19-15)17(25)26)16(24)13-6-20-22(8-13)7-12-4-2-1-3-5-12/h1-6,8,14H,7,9-11H2,(H,19,23)(H,25,26)/t14-,18+/m1/s1. The molecule has 0 bridgehead atoms. The lowest BCUT2D eigenvalue weighted by atomic mass is 9.81. The zero-order chi connectivity index (χ0) is 18.3. The average Bonchev–Trinajstić information content (AvgIpc) is 3.32. The molecule has 0 unspecified atom stereocenters. The summed E-state index contributed by atoms with van der Waals surface area (Å²) in [6.45, 7) is 0.733. The van der Waals surface area contributed by atoms with Crippen molar-refractivity contribution in [3.63, 3.8) is 0 Å². The van der Waals surface area contributed by atoms with Gasteiger partial charge in [0.25, 0.3) is 5.91 Å². The number of likely N-dealkylation sites (tertiary alicyclic amines) is 1. The predicted octanol–water partition coefficient (Wildman–Crippen LogP) is 0.204. The Morgan fingerprint density at radius 1 is 1.31 bits per heavy atom. The van der Waals surface area contributed by atoms with E-state index in [1.807, 2.05) is 30.3 Å². The van der Waals surface area contributed by atoms with Gasteiger partial charge in [-0.15, -0.1) is 0 Å². The Bertz CT molecular complexity index is 878. The van der Waals surface area contributed by atoms with Crippen LogP contribution in [0.1, 0.15) is 15.9 Å². The van der Waals surface area contributed by atoms with E-state index in [2.05, 4.69) is 10.4 Å². The summed E-state index contributed by atoms with van der Waals surface area (Å²) in [5.74, 6) is -2.35. The largest absolute Gasteiger partial charge is 0.481 e. The van der Waals surface area contributed by atoms with Crippen LogP contribution in [0.3, 0.4) is 0 Å². The molecule has 2 aliphatic rings. The number of carbonyl (C=O) groups excluding carboxylic acids is 2. The van der Waals surface area contributed by atoms with Crippen molar-refractivity contribution in [3.05, 3.63) is 53.9 Å². The van der Waals surface area contributed by atoms with Gasteiger partial charge >= 0.3 is 5.97 Å². The number of fused-ring (bicyclic) bond motifs is 1. The summed E-state index contributed by atoms with van der Waals surface area (Å²) in [6, 6.07) is 9.74. The van der Waals surface area contributed by atoms with Crippen LogP contribution in [0.25, 0.3) is 0 Å². The third-order valence-electron chi connectivity index (χ3n) is 5.22. The number of nitrogens with one attached hydrogen (secondary N) is 1. The molecule has 0 saturated carbocycles. The number of carboxylic acids is 1. The number of aliphatic carboxylic acids is 1. The van der Waals surface area contributed by atoms with Crippen LogP contribution in [0, 0.1) is 11.3 Å². The molecule has 2 amide bonds. The minimum Gasteiger partial charge on any atom is -0.481 e. The van der Waals surface area contributed by atoms with Gasteiger partial charge in [-0.05, 0) is 5.56 Å². The van der Waals surface area contributed by atoms with E-state index in [4.69, 9.17) is 0 Å². The smallest absolute Gasteiger partial charge is 0.314 e. The highest BCUT2D eigenvalue weighted by Gasteiger charge is 2.60. The summed E-state index contributed by atoms with van der Waals surface area (Å²) in [5.41, 5.74) is 0.223. The van der Waals surface area contributed by atoms with E-state index in [1.54, 1.807) is 10.9 Å². The molecule has 26 heavy (non-hydrogen) atoms. The number of aromatic nitrogens is 2. The second kappa shape index (κ2) is 5.98. The number of rotatable bonds is 4. The molecule has 134 valence electrons. The van der Waals surface area contributed by atoms with Crippen LogP contribution in [0.4, 0.5) is 0 Å². The first-order chi connectivity index (χ1) is 12.5. The maximum atomic E-state index is 12.8. The lowest BCUT2D eigenvalue weighted by molar-refractivity contribution is -0.149. The second-order valence-corrected chi connectivity index (χ2v) is 6.83. The third kappa shape index (κ3) is 2.54. The first-order valence-corrected chi connectivity index (χ1v) is 8.36. The SMILES string of the molecule is O=C1NC[C@]2(C(=O)O)CN(C(=O)c3cnn(Cc4ccccc4)c3)C[C@H]12. The van der Waals surface area contributed by atoms with Gasteiger partial charge in [0.1, 0.15) is 5.41 Å². The van der Waals surface area contributed by atoms with Gasteiger partial charge in [0.15, 0.2) is 0 Å². The lowest BCUT2D eigenvalue weighted by Gasteiger charge is -2.21. The molecule has 2 aromatic rings. The molecule has 2 fully saturated rings. The summed E-state index contributed by atoms with van der Waals surface area (Å²) in [6.07, 6.45) is 3.13. The summed E-state index contributed by atoms with van der Waals surface area (Å²) in [5, 5.41) is 16.4. The van der Waals surface area contributed by atoms with Crippen LogP contribution in [0.2, 0.25) is 0 Å². The molecule has 2 atom stereocenters. The molecule has 3 heterocycles. The minimum atomic E-state index is -1.23. The van der Waals surface area contributed by atoms with E-state index in [0.29, 0.717) is 12.1 Å². The molecule has 1 aromatic carbocycles. The van der Waals surface area contributed by atoms with Crippen molar-refractivity contribution < 1.29 is 19.5 Å². The first kappa shape index (κ1) is 16.3. The third-order valence-corrected chi connectivity index (χ3v) is 5.22. The van der Waals surface area contributed by atoms with Gasteiger partial charge in [-0.25, -0.2) is 0 Å². The Morgan fingerprint density at radius 3 is 2.77 bits per heavy atom. The van der Waals surface area contributed by atoms with Crippen molar-refractivity contribution in [2.45, 2.75) is 6.54 Å². The Morgan fingerprint density at radius 2 is 2.08 bits per heavy atom. The van der Waals surface area contributed by atoms with Crippen molar-refractivity contribution in [2.24, 2.45) is 11.3 Å². The van der Waals surface area contributed by atoms with Gasteiger partial charge in [0.05, 0.1) is 24.2 Å². The predicted molar refractivity (Wildman–Crippen MR) is 90.2 cm³/mol. The van der Waals surface area contributed by atoms with E-state index in [0.717, 1.165) is 5.56 Å². The molecule has 2 saturated heterocycles. The van der Waals surface area contributed by atoms with Gasteiger partial charge in [0, 0.05) is 25.8 Å². The van der Waals surface area contributed by atoms with E-state index in [-0.39, 0.29) is 31.4 Å². The quantitative estimate of drug-likeness (QED) is 0.816. The van der Waals surface area contributed by atoms with Gasteiger partial charge in [-0.1, -0.05) is 30.3 Å². The first-order valence-electron chi connectivity index (χ1n) is 8.36. The van der Waals surface area contributed by atoms with E-state index >= 15 is 0 Å². The fraction of sp³-hybridized carbons (Fsp3) is 0.333. The summed E-state index contributed by atoms with van der Waals surface area (Å²) in [7, 11) is 0. The highest BCUT2D eigenvalue weighted by atomic mass is 16.4. The molecule has 1 aromatic heterocycles. The Kier molecular flexibility index (Phi) is 3.75. The second-order valence-electron chi connectivity index (χ2n) is 6.83. The van der Waals surface area contributed by atoms with E-state index in [9.17, 15) is 19.5 Å². The number of benzene rings is 1. The van der Waals surface area contributed by atoms with E-state index < -0.39 is 17.3 Å². The molecular weight excluding hydrogens is 336 g/mol. The molecular formula is C18H18N4O4. The number of carbonyl (C=O) groups is 3. The number of amides is 2. The summed E-state index contributed by atoms with van der Waals surface area (Å²) >= 11 is 0. The molecule has 0 radical (unpaired) electrons. The zero-order valence-corrected chi connectivity index (χ0v) is 14.0. The maximum Gasteiger partial charge on any atom is 0.314 e. The normalized spacial score (nSPS) is 24.4. The highest BCUT2D eigenvalue weighted by molar-refractivity contribution is 5.98. The maximum absolute atomic E-state index is 12.8. The van der Waals surface area contributed by atoms with Gasteiger partial charge in [-0.3, -0.25) is 19.1 Å². The Hall–Kier alpha value is -3.16. The lowest BCUT2D eigenvalue weighted by Crippen LogP contribution is -2.41. The van der Waals surface area contributed by atoms with Gasteiger partial charge in [-0.2, -0.15) is 5.10 Å². The molecule has 0 spiro atoms. The monoisotopic (exact) mass is 354 g/mol. The van der Waals surface area contributed by atoms with Crippen LogP contribution in [0.5, 0.6) is 0 Å². The number of hydrogen-bond donors (Lipinski definition) is 2. The number of nitrogens with zero attached hydrogens (tertiary/aromatic N) is 3. The van der Waals surface area contributed by atoms with Crippen molar-refractivity contribution in [2.75, 3.05) is 19.6 Å². The molecule has 4 rings (SSSR count). The number of hydrogen-bond acceptors (Lipinski definition) is 4. The fourth-order valence-corrected chi connectivity index (χ4v) is 3.75. The van der Waals surface area contributed by atoms with Crippen LogP contribution in [0.15, 0.2) is 42.7 Å². The fourth-order valence-electron chi connectivity index (χ4n) is 3.75. The number of carboxylic acid groups (broad SMARTS) is 1. The van der Waals surface area contributed by atoms with Gasteiger partial charge in [0.2, 0.25) is 5.91 Å². The van der Waals surface area contributed by atoms with Crippen molar-refractivity contribution in [3.8, 4) is 0 Å². The summed E-state index contributed by atoms with van der Waals surface area (Å²) in [4.78, 5) is 37.9. The van der Waals surface area contributed by atoms with E-state index in [1.165, 1.54) is 11.1 Å². The molecule has 0 aliphatic carbocycles. The molecule has 8 heteroatoms. The van der Waals surface area contributed by atoms with Crippen molar-refractivity contribution in [1.82, 2.24) is 20.0 Å². The van der Waals surface area contributed by atoms with Crippen LogP contribution in [-0.4, -0.2) is 57.2 Å². The molecule has 2 N–H and O–H groups in total. The zero-order valence-electron chi connectivity index (χ0n) is 14.0. The van der Waals surface area contributed by atoms with Crippen LogP contribution in [-0.2, 0) is 16.1 Å². The Labute approximate surface area is 149 Å². The van der Waals surface area contributed by atoms with Crippen LogP contribution < -0.4 is 5.32 Å². The van der Waals surface area contributed by atoms with Crippen molar-refractivity contribution >= 4 is 17.8 Å². The van der Waals surface area contributed by atoms with Gasteiger partial charge < -0.3 is 15.3 Å². The molecule has 8 nitrogen and oxygen atoms in total. The van der Waals surface area contributed by atoms with Crippen LogP contribution >= 0.6 is 0 Å². The highest BCUT2D eigenvalue weighted by Crippen LogP contribution is 2.40. The molecule has 2 aliphatic heterocycles. The summed E-state index contributed by atoms with van der Waals surface area (Å²) < 4.78 is 1.67. The minimum absolute atomic E-state index is 0.0223. The Balaban J connectivity index is 1.51.